The number of pyridine rings is 1. The van der Waals surface area contributed by atoms with Gasteiger partial charge < -0.3 is 14.7 Å². The maximum absolute atomic E-state index is 11.0. The largest absolute Gasteiger partial charge is 0.497 e. The molecule has 1 atom stereocenters. The van der Waals surface area contributed by atoms with Gasteiger partial charge in [-0.1, -0.05) is 17.7 Å². The van der Waals surface area contributed by atoms with Crippen LogP contribution in [0.25, 0.3) is 10.9 Å². The molecule has 0 bridgehead atoms. The van der Waals surface area contributed by atoms with Gasteiger partial charge in [0.1, 0.15) is 5.75 Å². The van der Waals surface area contributed by atoms with Crippen LogP contribution < -0.4 is 4.74 Å². The van der Waals surface area contributed by atoms with Crippen molar-refractivity contribution in [3.05, 3.63) is 52.5 Å². The van der Waals surface area contributed by atoms with E-state index in [0.29, 0.717) is 10.9 Å². The third kappa shape index (κ3) is 5.93. The van der Waals surface area contributed by atoms with Gasteiger partial charge in [0.15, 0.2) is 0 Å². The highest BCUT2D eigenvalue weighted by atomic mass is 35.5. The van der Waals surface area contributed by atoms with E-state index in [1.807, 2.05) is 41.3 Å². The Bertz CT molecular complexity index is 975. The van der Waals surface area contributed by atoms with Crippen molar-refractivity contribution in [1.82, 2.24) is 9.88 Å². The number of benzene rings is 1. The standard InChI is InChI=1S/C24H29ClN2O2S2/c1-29-18-5-6-21-19(15-18)24(20(25)16-26-21)22(28)7-4-17-8-10-27(11-9-17)12-14-31-23-3-2-13-30-23/h2-3,5-6,13,15-17,22,28H,4,7-12,14H2,1H3. The molecule has 7 heteroatoms. The van der Waals surface area contributed by atoms with Gasteiger partial charge in [-0.2, -0.15) is 0 Å². The second-order valence-electron chi connectivity index (χ2n) is 8.06. The molecule has 0 aliphatic carbocycles. The monoisotopic (exact) mass is 476 g/mol. The Kier molecular flexibility index (Phi) is 8.13. The normalized spacial score (nSPS) is 16.6. The molecule has 1 unspecified atom stereocenters. The van der Waals surface area contributed by atoms with E-state index < -0.39 is 6.10 Å². The van der Waals surface area contributed by atoms with Crippen molar-refractivity contribution in [2.75, 3.05) is 32.5 Å². The highest BCUT2D eigenvalue weighted by molar-refractivity contribution is 8.01. The molecule has 31 heavy (non-hydrogen) atoms. The lowest BCUT2D eigenvalue weighted by Crippen LogP contribution is -2.35. The molecule has 1 aliphatic rings. The molecule has 0 amide bonds. The van der Waals surface area contributed by atoms with Gasteiger partial charge in [0.05, 0.1) is 28.0 Å². The van der Waals surface area contributed by atoms with Crippen LogP contribution in [0.2, 0.25) is 5.02 Å². The number of thiophene rings is 1. The van der Waals surface area contributed by atoms with Gasteiger partial charge in [-0.3, -0.25) is 4.98 Å². The number of halogens is 1. The predicted octanol–water partition coefficient (Wildman–Crippen LogP) is 6.28. The molecule has 1 aliphatic heterocycles. The molecule has 166 valence electrons. The van der Waals surface area contributed by atoms with Crippen LogP contribution in [0.3, 0.4) is 0 Å². The number of rotatable bonds is 9. The molecular formula is C24H29ClN2O2S2. The topological polar surface area (TPSA) is 45.6 Å². The van der Waals surface area contributed by atoms with E-state index in [0.717, 1.165) is 60.4 Å². The van der Waals surface area contributed by atoms with Crippen LogP contribution >= 0.6 is 34.7 Å². The van der Waals surface area contributed by atoms with E-state index in [1.54, 1.807) is 13.3 Å². The first-order valence-electron chi connectivity index (χ1n) is 10.8. The lowest BCUT2D eigenvalue weighted by molar-refractivity contribution is 0.137. The van der Waals surface area contributed by atoms with E-state index in [4.69, 9.17) is 16.3 Å². The smallest absolute Gasteiger partial charge is 0.119 e. The summed E-state index contributed by atoms with van der Waals surface area (Å²) in [6, 6.07) is 10.0. The lowest BCUT2D eigenvalue weighted by Gasteiger charge is -2.32. The van der Waals surface area contributed by atoms with Gasteiger partial charge in [-0.25, -0.2) is 0 Å². The fourth-order valence-electron chi connectivity index (χ4n) is 4.29. The van der Waals surface area contributed by atoms with Gasteiger partial charge in [-0.05, 0) is 74.3 Å². The number of piperidine rings is 1. The molecule has 0 radical (unpaired) electrons. The van der Waals surface area contributed by atoms with Crippen molar-refractivity contribution in [3.63, 3.8) is 0 Å². The zero-order valence-electron chi connectivity index (χ0n) is 17.8. The van der Waals surface area contributed by atoms with E-state index in [-0.39, 0.29) is 0 Å². The average Bonchev–Trinajstić information content (AvgIpc) is 3.31. The number of fused-ring (bicyclic) bond motifs is 1. The SMILES string of the molecule is COc1ccc2ncc(Cl)c(C(O)CCC3CCN(CCSc4cccs4)CC3)c2c1. The second kappa shape index (κ2) is 11.0. The van der Waals surface area contributed by atoms with E-state index >= 15 is 0 Å². The van der Waals surface area contributed by atoms with Crippen molar-refractivity contribution in [3.8, 4) is 5.75 Å². The number of hydrogen-bond acceptors (Lipinski definition) is 6. The molecule has 2 aromatic heterocycles. The Morgan fingerprint density at radius 1 is 1.32 bits per heavy atom. The Balaban J connectivity index is 1.28. The molecule has 0 saturated carbocycles. The molecule has 0 spiro atoms. The zero-order chi connectivity index (χ0) is 21.6. The van der Waals surface area contributed by atoms with Crippen molar-refractivity contribution in [1.29, 1.82) is 0 Å². The summed E-state index contributed by atoms with van der Waals surface area (Å²) < 4.78 is 6.76. The molecule has 1 aromatic carbocycles. The van der Waals surface area contributed by atoms with E-state index in [1.165, 1.54) is 17.1 Å². The maximum atomic E-state index is 11.0. The molecule has 4 rings (SSSR count). The number of aromatic nitrogens is 1. The minimum Gasteiger partial charge on any atom is -0.497 e. The van der Waals surface area contributed by atoms with Crippen LogP contribution in [-0.2, 0) is 0 Å². The van der Waals surface area contributed by atoms with Crippen molar-refractivity contribution in [2.24, 2.45) is 5.92 Å². The van der Waals surface area contributed by atoms with Crippen LogP contribution in [0.5, 0.6) is 5.75 Å². The Morgan fingerprint density at radius 2 is 2.16 bits per heavy atom. The third-order valence-corrected chi connectivity index (χ3v) is 8.52. The number of nitrogens with zero attached hydrogens (tertiary/aromatic N) is 2. The molecule has 4 nitrogen and oxygen atoms in total. The summed E-state index contributed by atoms with van der Waals surface area (Å²) in [4.78, 5) is 6.97. The van der Waals surface area contributed by atoms with Gasteiger partial charge in [0, 0.05) is 29.4 Å². The summed E-state index contributed by atoms with van der Waals surface area (Å²) in [7, 11) is 1.64. The summed E-state index contributed by atoms with van der Waals surface area (Å²) in [5, 5.41) is 14.5. The van der Waals surface area contributed by atoms with Crippen molar-refractivity contribution < 1.29 is 9.84 Å². The van der Waals surface area contributed by atoms with Crippen LogP contribution in [-0.4, -0.2) is 47.5 Å². The molecular weight excluding hydrogens is 448 g/mol. The predicted molar refractivity (Wildman–Crippen MR) is 132 cm³/mol. The van der Waals surface area contributed by atoms with E-state index in [2.05, 4.69) is 27.4 Å². The fraction of sp³-hybridized carbons (Fsp3) is 0.458. The number of aliphatic hydroxyl groups is 1. The first-order valence-corrected chi connectivity index (χ1v) is 13.1. The lowest BCUT2D eigenvalue weighted by atomic mass is 9.89. The Morgan fingerprint density at radius 3 is 2.90 bits per heavy atom. The molecule has 3 heterocycles. The van der Waals surface area contributed by atoms with Crippen molar-refractivity contribution in [2.45, 2.75) is 36.0 Å². The minimum atomic E-state index is -0.592. The second-order valence-corrected chi connectivity index (χ2v) is 10.8. The first-order chi connectivity index (χ1) is 15.1. The number of ether oxygens (including phenoxy) is 1. The summed E-state index contributed by atoms with van der Waals surface area (Å²) in [6.07, 6.45) is 5.19. The highest BCUT2D eigenvalue weighted by Gasteiger charge is 2.22. The van der Waals surface area contributed by atoms with Crippen LogP contribution in [0.4, 0.5) is 0 Å². The quantitative estimate of drug-likeness (QED) is 0.368. The van der Waals surface area contributed by atoms with Crippen LogP contribution in [0, 0.1) is 5.92 Å². The number of hydrogen-bond donors (Lipinski definition) is 1. The summed E-state index contributed by atoms with van der Waals surface area (Å²) in [5.74, 6) is 2.56. The number of methoxy groups -OCH3 is 1. The van der Waals surface area contributed by atoms with Gasteiger partial charge in [0.2, 0.25) is 0 Å². The summed E-state index contributed by atoms with van der Waals surface area (Å²) in [6.45, 7) is 3.46. The highest BCUT2D eigenvalue weighted by Crippen LogP contribution is 2.35. The maximum Gasteiger partial charge on any atom is 0.119 e. The molecule has 1 fully saturated rings. The van der Waals surface area contributed by atoms with E-state index in [9.17, 15) is 5.11 Å². The average molecular weight is 477 g/mol. The first kappa shape index (κ1) is 22.9. The molecule has 1 N–H and O–H groups in total. The fourth-order valence-corrected chi connectivity index (χ4v) is 6.43. The molecule has 3 aromatic rings. The summed E-state index contributed by atoms with van der Waals surface area (Å²) >= 11 is 10.2. The zero-order valence-corrected chi connectivity index (χ0v) is 20.2. The summed E-state index contributed by atoms with van der Waals surface area (Å²) in [5.41, 5.74) is 1.60. The number of thioether (sulfide) groups is 1. The molecule has 1 saturated heterocycles. The van der Waals surface area contributed by atoms with Gasteiger partial charge in [-0.15, -0.1) is 23.1 Å². The third-order valence-electron chi connectivity index (χ3n) is 6.10. The van der Waals surface area contributed by atoms with Gasteiger partial charge >= 0.3 is 0 Å². The van der Waals surface area contributed by atoms with Crippen LogP contribution in [0.15, 0.2) is 46.1 Å². The number of aliphatic hydroxyl groups excluding tert-OH is 1. The number of likely N-dealkylation sites (tertiary alicyclic amines) is 1. The minimum absolute atomic E-state index is 0.520. The Hall–Kier alpha value is -1.31. The Labute approximate surface area is 197 Å². The van der Waals surface area contributed by atoms with Crippen LogP contribution in [0.1, 0.15) is 37.4 Å². The van der Waals surface area contributed by atoms with Crippen molar-refractivity contribution >= 4 is 45.6 Å². The van der Waals surface area contributed by atoms with Gasteiger partial charge in [0.25, 0.3) is 0 Å².